The third-order valence-corrected chi connectivity index (χ3v) is 3.44. The predicted octanol–water partition coefficient (Wildman–Crippen LogP) is 3.95. The summed E-state index contributed by atoms with van der Waals surface area (Å²) in [6, 6.07) is 12.6. The Kier molecular flexibility index (Phi) is 5.22. The predicted molar refractivity (Wildman–Crippen MR) is 79.1 cm³/mol. The van der Waals surface area contributed by atoms with Crippen LogP contribution in [0.2, 0.25) is 0 Å². The van der Waals surface area contributed by atoms with Gasteiger partial charge >= 0.3 is 0 Å². The number of hydrogen-bond donors (Lipinski definition) is 1. The van der Waals surface area contributed by atoms with Crippen molar-refractivity contribution in [1.29, 1.82) is 0 Å². The minimum absolute atomic E-state index is 0.305. The largest absolute Gasteiger partial charge is 0.388 e. The zero-order chi connectivity index (χ0) is 13.5. The van der Waals surface area contributed by atoms with E-state index in [9.17, 15) is 5.11 Å². The van der Waals surface area contributed by atoms with Crippen LogP contribution in [0, 0.1) is 0 Å². The maximum Gasteiger partial charge on any atom is 0.0804 e. The van der Waals surface area contributed by atoms with Crippen molar-refractivity contribution in [2.75, 3.05) is 0 Å². The number of hydrogen-bond acceptors (Lipinski definition) is 1. The molecular weight excluding hydrogens is 234 g/mol. The normalized spacial score (nSPS) is 12.5. The molecule has 0 bridgehead atoms. The van der Waals surface area contributed by atoms with E-state index < -0.39 is 0 Å². The van der Waals surface area contributed by atoms with Gasteiger partial charge in [0.2, 0.25) is 0 Å². The van der Waals surface area contributed by atoms with Crippen LogP contribution >= 0.6 is 0 Å². The van der Waals surface area contributed by atoms with Crippen LogP contribution in [0.3, 0.4) is 0 Å². The maximum absolute atomic E-state index is 9.92. The molecular formula is C17H23NO. The first-order valence-corrected chi connectivity index (χ1v) is 7.17. The minimum Gasteiger partial charge on any atom is -0.388 e. The summed E-state index contributed by atoms with van der Waals surface area (Å²) in [6.45, 7) is 3.10. The fraction of sp³-hybridized carbons (Fsp3) is 0.412. The van der Waals surface area contributed by atoms with Crippen molar-refractivity contribution in [2.24, 2.45) is 0 Å². The maximum atomic E-state index is 9.92. The second-order valence-corrected chi connectivity index (χ2v) is 5.08. The first-order chi connectivity index (χ1) is 9.29. The molecule has 0 saturated carbocycles. The Morgan fingerprint density at radius 3 is 2.68 bits per heavy atom. The summed E-state index contributed by atoms with van der Waals surface area (Å²) in [6.07, 6.45) is 7.92. The molecule has 0 saturated heterocycles. The molecule has 0 amide bonds. The van der Waals surface area contributed by atoms with Crippen molar-refractivity contribution in [3.63, 3.8) is 0 Å². The fourth-order valence-electron chi connectivity index (χ4n) is 2.35. The highest BCUT2D eigenvalue weighted by atomic mass is 16.3. The quantitative estimate of drug-likeness (QED) is 0.798. The van der Waals surface area contributed by atoms with Crippen LogP contribution in [0.4, 0.5) is 0 Å². The zero-order valence-electron chi connectivity index (χ0n) is 11.6. The van der Waals surface area contributed by atoms with Gasteiger partial charge in [-0.1, -0.05) is 43.7 Å². The van der Waals surface area contributed by atoms with Gasteiger partial charge in [-0.3, -0.25) is 0 Å². The molecule has 1 atom stereocenters. The van der Waals surface area contributed by atoms with Gasteiger partial charge in [0, 0.05) is 18.9 Å². The van der Waals surface area contributed by atoms with Crippen LogP contribution < -0.4 is 0 Å². The molecule has 2 nitrogen and oxygen atoms in total. The summed E-state index contributed by atoms with van der Waals surface area (Å²) >= 11 is 0. The Labute approximate surface area is 115 Å². The Bertz CT molecular complexity index is 475. The number of nitrogens with zero attached hydrogens (tertiary/aromatic N) is 1. The van der Waals surface area contributed by atoms with Crippen LogP contribution in [0.5, 0.6) is 0 Å². The van der Waals surface area contributed by atoms with Gasteiger partial charge < -0.3 is 9.67 Å². The standard InChI is InChI=1S/C17H23NO/c1-2-7-17(19)16-11-13-18(14-16)12-6-10-15-8-4-3-5-9-15/h3-5,8-9,11,13-14,17,19H,2,6-7,10,12H2,1H3. The molecule has 2 aromatic rings. The van der Waals surface area contributed by atoms with Gasteiger partial charge in [0.05, 0.1) is 6.10 Å². The molecule has 0 aliphatic rings. The molecule has 1 aromatic carbocycles. The van der Waals surface area contributed by atoms with Gasteiger partial charge in [-0.15, -0.1) is 0 Å². The molecule has 0 fully saturated rings. The van der Waals surface area contributed by atoms with E-state index in [-0.39, 0.29) is 6.10 Å². The van der Waals surface area contributed by atoms with Crippen LogP contribution in [0.15, 0.2) is 48.8 Å². The van der Waals surface area contributed by atoms with E-state index in [2.05, 4.69) is 54.2 Å². The van der Waals surface area contributed by atoms with E-state index in [0.29, 0.717) is 0 Å². The van der Waals surface area contributed by atoms with Gasteiger partial charge in [0.25, 0.3) is 0 Å². The molecule has 1 N–H and O–H groups in total. The molecule has 0 aliphatic heterocycles. The van der Waals surface area contributed by atoms with E-state index >= 15 is 0 Å². The summed E-state index contributed by atoms with van der Waals surface area (Å²) < 4.78 is 2.18. The number of aromatic nitrogens is 1. The molecule has 0 spiro atoms. The average molecular weight is 257 g/mol. The fourth-order valence-corrected chi connectivity index (χ4v) is 2.35. The van der Waals surface area contributed by atoms with Crippen molar-refractivity contribution in [3.8, 4) is 0 Å². The molecule has 19 heavy (non-hydrogen) atoms. The lowest BCUT2D eigenvalue weighted by molar-refractivity contribution is 0.166. The third kappa shape index (κ3) is 4.25. The van der Waals surface area contributed by atoms with Gasteiger partial charge in [0.1, 0.15) is 0 Å². The Balaban J connectivity index is 1.80. The summed E-state index contributed by atoms with van der Waals surface area (Å²) in [5, 5.41) is 9.92. The van der Waals surface area contributed by atoms with Crippen LogP contribution in [0.25, 0.3) is 0 Å². The second kappa shape index (κ2) is 7.15. The number of rotatable bonds is 7. The number of aryl methyl sites for hydroxylation is 2. The van der Waals surface area contributed by atoms with Gasteiger partial charge in [-0.2, -0.15) is 0 Å². The molecule has 2 rings (SSSR count). The molecule has 102 valence electrons. The molecule has 1 unspecified atom stereocenters. The highest BCUT2D eigenvalue weighted by Gasteiger charge is 2.07. The molecule has 1 aromatic heterocycles. The number of aliphatic hydroxyl groups is 1. The van der Waals surface area contributed by atoms with E-state index in [0.717, 1.165) is 37.8 Å². The molecule has 0 aliphatic carbocycles. The van der Waals surface area contributed by atoms with E-state index in [1.54, 1.807) is 0 Å². The smallest absolute Gasteiger partial charge is 0.0804 e. The molecule has 0 radical (unpaired) electrons. The van der Waals surface area contributed by atoms with Crippen molar-refractivity contribution in [3.05, 3.63) is 59.9 Å². The Morgan fingerprint density at radius 2 is 1.95 bits per heavy atom. The summed E-state index contributed by atoms with van der Waals surface area (Å²) in [5.74, 6) is 0. The van der Waals surface area contributed by atoms with Gasteiger partial charge in [-0.05, 0) is 36.5 Å². The summed E-state index contributed by atoms with van der Waals surface area (Å²) in [7, 11) is 0. The van der Waals surface area contributed by atoms with Crippen molar-refractivity contribution >= 4 is 0 Å². The van der Waals surface area contributed by atoms with E-state index in [1.165, 1.54) is 5.56 Å². The van der Waals surface area contributed by atoms with Crippen molar-refractivity contribution < 1.29 is 5.11 Å². The first kappa shape index (κ1) is 13.9. The van der Waals surface area contributed by atoms with Crippen molar-refractivity contribution in [2.45, 2.75) is 45.3 Å². The molecule has 2 heteroatoms. The highest BCUT2D eigenvalue weighted by Crippen LogP contribution is 2.18. The molecule has 1 heterocycles. The van der Waals surface area contributed by atoms with E-state index in [1.807, 2.05) is 6.07 Å². The van der Waals surface area contributed by atoms with E-state index in [4.69, 9.17) is 0 Å². The average Bonchev–Trinajstić information content (AvgIpc) is 2.89. The number of aliphatic hydroxyl groups excluding tert-OH is 1. The highest BCUT2D eigenvalue weighted by molar-refractivity contribution is 5.15. The first-order valence-electron chi connectivity index (χ1n) is 7.17. The SMILES string of the molecule is CCCC(O)c1ccn(CCCc2ccccc2)c1. The topological polar surface area (TPSA) is 25.2 Å². The lowest BCUT2D eigenvalue weighted by atomic mass is 10.1. The van der Waals surface area contributed by atoms with Crippen LogP contribution in [0.1, 0.15) is 43.4 Å². The Morgan fingerprint density at radius 1 is 1.16 bits per heavy atom. The lowest BCUT2D eigenvalue weighted by Gasteiger charge is -2.06. The monoisotopic (exact) mass is 257 g/mol. The zero-order valence-corrected chi connectivity index (χ0v) is 11.6. The second-order valence-electron chi connectivity index (χ2n) is 5.08. The van der Waals surface area contributed by atoms with Crippen molar-refractivity contribution in [1.82, 2.24) is 4.57 Å². The lowest BCUT2D eigenvalue weighted by Crippen LogP contribution is -1.98. The minimum atomic E-state index is -0.305. The number of benzene rings is 1. The van der Waals surface area contributed by atoms with Gasteiger partial charge in [-0.25, -0.2) is 0 Å². The van der Waals surface area contributed by atoms with Crippen LogP contribution in [-0.4, -0.2) is 9.67 Å². The summed E-state index contributed by atoms with van der Waals surface area (Å²) in [5.41, 5.74) is 2.43. The third-order valence-electron chi connectivity index (χ3n) is 3.44. The summed E-state index contributed by atoms with van der Waals surface area (Å²) in [4.78, 5) is 0. The Hall–Kier alpha value is -1.54. The van der Waals surface area contributed by atoms with Crippen LogP contribution in [-0.2, 0) is 13.0 Å². The van der Waals surface area contributed by atoms with Gasteiger partial charge in [0.15, 0.2) is 0 Å².